The SMILES string of the molecule is CSc1ccc([N+](=O)[O-])c(C(=O)NCCC(=O)Nc2ccc(Br)cc2)c1. The number of halogens is 1. The van der Waals surface area contributed by atoms with Crippen molar-refractivity contribution in [2.75, 3.05) is 18.1 Å². The predicted molar refractivity (Wildman–Crippen MR) is 105 cm³/mol. The fourth-order valence-corrected chi connectivity index (χ4v) is 2.83. The zero-order valence-electron chi connectivity index (χ0n) is 13.8. The van der Waals surface area contributed by atoms with E-state index in [1.54, 1.807) is 30.3 Å². The average molecular weight is 438 g/mol. The van der Waals surface area contributed by atoms with Crippen LogP contribution in [-0.4, -0.2) is 29.5 Å². The molecule has 0 atom stereocenters. The molecule has 0 unspecified atom stereocenters. The molecule has 2 amide bonds. The molecule has 0 saturated carbocycles. The third-order valence-electron chi connectivity index (χ3n) is 3.41. The second kappa shape index (κ2) is 9.35. The maximum absolute atomic E-state index is 12.3. The van der Waals surface area contributed by atoms with Gasteiger partial charge in [-0.15, -0.1) is 11.8 Å². The summed E-state index contributed by atoms with van der Waals surface area (Å²) in [4.78, 5) is 35.4. The standard InChI is InChI=1S/C17H16BrN3O4S/c1-26-13-6-7-15(21(24)25)14(10-13)17(23)19-9-8-16(22)20-12-4-2-11(18)3-5-12/h2-7,10H,8-9H2,1H3,(H,19,23)(H,20,22). The van der Waals surface area contributed by atoms with Crippen molar-refractivity contribution in [1.29, 1.82) is 0 Å². The molecule has 2 N–H and O–H groups in total. The number of nitrogens with zero attached hydrogens (tertiary/aromatic N) is 1. The Kier molecular flexibility index (Phi) is 7.16. The van der Waals surface area contributed by atoms with Crippen LogP contribution in [0.3, 0.4) is 0 Å². The topological polar surface area (TPSA) is 101 Å². The van der Waals surface area contributed by atoms with Crippen LogP contribution in [0.25, 0.3) is 0 Å². The summed E-state index contributed by atoms with van der Waals surface area (Å²) in [5.41, 5.74) is 0.364. The molecule has 0 aromatic heterocycles. The molecule has 136 valence electrons. The first-order valence-corrected chi connectivity index (χ1v) is 9.58. The number of hydrogen-bond acceptors (Lipinski definition) is 5. The van der Waals surface area contributed by atoms with Crippen LogP contribution in [0.15, 0.2) is 51.8 Å². The minimum Gasteiger partial charge on any atom is -0.351 e. The summed E-state index contributed by atoms with van der Waals surface area (Å²) in [6, 6.07) is 11.5. The lowest BCUT2D eigenvalue weighted by Gasteiger charge is -2.08. The van der Waals surface area contributed by atoms with Crippen LogP contribution in [0, 0.1) is 10.1 Å². The number of thioether (sulfide) groups is 1. The van der Waals surface area contributed by atoms with Crippen LogP contribution >= 0.6 is 27.7 Å². The van der Waals surface area contributed by atoms with Gasteiger partial charge in [0, 0.05) is 34.1 Å². The highest BCUT2D eigenvalue weighted by molar-refractivity contribution is 9.10. The van der Waals surface area contributed by atoms with Crippen molar-refractivity contribution >= 4 is 50.9 Å². The lowest BCUT2D eigenvalue weighted by atomic mass is 10.1. The number of nitro benzene ring substituents is 1. The van der Waals surface area contributed by atoms with Gasteiger partial charge in [0.25, 0.3) is 11.6 Å². The van der Waals surface area contributed by atoms with Crippen LogP contribution < -0.4 is 10.6 Å². The van der Waals surface area contributed by atoms with Gasteiger partial charge in [0.2, 0.25) is 5.91 Å². The molecular weight excluding hydrogens is 422 g/mol. The van der Waals surface area contributed by atoms with Gasteiger partial charge in [-0.1, -0.05) is 15.9 Å². The van der Waals surface area contributed by atoms with E-state index in [1.165, 1.54) is 23.9 Å². The fraction of sp³-hybridized carbons (Fsp3) is 0.176. The third kappa shape index (κ3) is 5.57. The van der Waals surface area contributed by atoms with Crippen molar-refractivity contribution in [2.45, 2.75) is 11.3 Å². The highest BCUT2D eigenvalue weighted by atomic mass is 79.9. The molecule has 0 radical (unpaired) electrons. The van der Waals surface area contributed by atoms with E-state index in [-0.39, 0.29) is 30.1 Å². The van der Waals surface area contributed by atoms with E-state index in [1.807, 2.05) is 6.26 Å². The first-order chi connectivity index (χ1) is 12.4. The summed E-state index contributed by atoms with van der Waals surface area (Å²) in [6.45, 7) is 0.0713. The van der Waals surface area contributed by atoms with Crippen LogP contribution in [-0.2, 0) is 4.79 Å². The number of benzene rings is 2. The van der Waals surface area contributed by atoms with Gasteiger partial charge in [0.1, 0.15) is 5.56 Å². The Bertz CT molecular complexity index is 827. The summed E-state index contributed by atoms with van der Waals surface area (Å²) in [5, 5.41) is 16.3. The highest BCUT2D eigenvalue weighted by Crippen LogP contribution is 2.24. The fourth-order valence-electron chi connectivity index (χ4n) is 2.12. The Morgan fingerprint density at radius 2 is 1.88 bits per heavy atom. The van der Waals surface area contributed by atoms with Crippen LogP contribution in [0.2, 0.25) is 0 Å². The summed E-state index contributed by atoms with van der Waals surface area (Å²) >= 11 is 4.69. The molecule has 0 saturated heterocycles. The van der Waals surface area contributed by atoms with Gasteiger partial charge in [-0.2, -0.15) is 0 Å². The summed E-state index contributed by atoms with van der Waals surface area (Å²) in [6.07, 6.45) is 1.87. The Hall–Kier alpha value is -2.39. The van der Waals surface area contributed by atoms with Gasteiger partial charge in [0.15, 0.2) is 0 Å². The van der Waals surface area contributed by atoms with E-state index in [0.29, 0.717) is 5.69 Å². The molecule has 0 aliphatic heterocycles. The largest absolute Gasteiger partial charge is 0.351 e. The summed E-state index contributed by atoms with van der Waals surface area (Å²) < 4.78 is 0.900. The molecule has 0 aliphatic carbocycles. The number of carbonyl (C=O) groups is 2. The minimum absolute atomic E-state index is 0.0184. The second-order valence-electron chi connectivity index (χ2n) is 5.20. The quantitative estimate of drug-likeness (QED) is 0.389. The summed E-state index contributed by atoms with van der Waals surface area (Å²) in [5.74, 6) is -0.843. The van der Waals surface area contributed by atoms with Crippen molar-refractivity contribution in [3.63, 3.8) is 0 Å². The molecule has 2 rings (SSSR count). The molecular formula is C17H16BrN3O4S. The lowest BCUT2D eigenvalue weighted by Crippen LogP contribution is -2.28. The van der Waals surface area contributed by atoms with Gasteiger partial charge >= 0.3 is 0 Å². The molecule has 9 heteroatoms. The minimum atomic E-state index is -0.598. The highest BCUT2D eigenvalue weighted by Gasteiger charge is 2.20. The van der Waals surface area contributed by atoms with E-state index in [9.17, 15) is 19.7 Å². The van der Waals surface area contributed by atoms with Crippen molar-refractivity contribution in [1.82, 2.24) is 5.32 Å². The van der Waals surface area contributed by atoms with Crippen LogP contribution in [0.1, 0.15) is 16.8 Å². The first-order valence-electron chi connectivity index (χ1n) is 7.56. The second-order valence-corrected chi connectivity index (χ2v) is 7.00. The molecule has 0 spiro atoms. The number of nitro groups is 1. The molecule has 0 heterocycles. The molecule has 0 fully saturated rings. The maximum atomic E-state index is 12.3. The van der Waals surface area contributed by atoms with E-state index in [2.05, 4.69) is 26.6 Å². The van der Waals surface area contributed by atoms with Gasteiger partial charge in [-0.05, 0) is 42.7 Å². The Morgan fingerprint density at radius 3 is 2.50 bits per heavy atom. The van der Waals surface area contributed by atoms with Gasteiger partial charge in [-0.3, -0.25) is 19.7 Å². The van der Waals surface area contributed by atoms with E-state index in [4.69, 9.17) is 0 Å². The van der Waals surface area contributed by atoms with E-state index < -0.39 is 10.8 Å². The lowest BCUT2D eigenvalue weighted by molar-refractivity contribution is -0.385. The number of anilines is 1. The molecule has 26 heavy (non-hydrogen) atoms. The Morgan fingerprint density at radius 1 is 1.19 bits per heavy atom. The molecule has 0 aliphatic rings. The zero-order valence-corrected chi connectivity index (χ0v) is 16.2. The average Bonchev–Trinajstić information content (AvgIpc) is 2.62. The van der Waals surface area contributed by atoms with Gasteiger partial charge in [-0.25, -0.2) is 0 Å². The Labute approximate surface area is 162 Å². The van der Waals surface area contributed by atoms with Crippen LogP contribution in [0.5, 0.6) is 0 Å². The monoisotopic (exact) mass is 437 g/mol. The maximum Gasteiger partial charge on any atom is 0.282 e. The van der Waals surface area contributed by atoms with E-state index >= 15 is 0 Å². The van der Waals surface area contributed by atoms with Gasteiger partial charge < -0.3 is 10.6 Å². The van der Waals surface area contributed by atoms with Crippen molar-refractivity contribution in [3.8, 4) is 0 Å². The molecule has 2 aromatic rings. The van der Waals surface area contributed by atoms with Crippen LogP contribution in [0.4, 0.5) is 11.4 Å². The summed E-state index contributed by atoms with van der Waals surface area (Å²) in [7, 11) is 0. The van der Waals surface area contributed by atoms with Crippen molar-refractivity contribution in [2.24, 2.45) is 0 Å². The van der Waals surface area contributed by atoms with E-state index in [0.717, 1.165) is 9.37 Å². The zero-order chi connectivity index (χ0) is 19.1. The number of carbonyl (C=O) groups excluding carboxylic acids is 2. The normalized spacial score (nSPS) is 10.2. The van der Waals surface area contributed by atoms with Crippen molar-refractivity contribution in [3.05, 3.63) is 62.6 Å². The number of nitrogens with one attached hydrogen (secondary N) is 2. The number of rotatable bonds is 7. The van der Waals surface area contributed by atoms with Gasteiger partial charge in [0.05, 0.1) is 4.92 Å². The predicted octanol–water partition coefficient (Wildman–Crippen LogP) is 3.84. The molecule has 0 bridgehead atoms. The number of hydrogen-bond donors (Lipinski definition) is 2. The third-order valence-corrected chi connectivity index (χ3v) is 4.66. The smallest absolute Gasteiger partial charge is 0.282 e. The number of amides is 2. The van der Waals surface area contributed by atoms with Crippen molar-refractivity contribution < 1.29 is 14.5 Å². The first kappa shape index (κ1) is 19.9. The Balaban J connectivity index is 1.93. The molecule has 2 aromatic carbocycles. The molecule has 7 nitrogen and oxygen atoms in total.